The second kappa shape index (κ2) is 15.2. The topological polar surface area (TPSA) is 128 Å². The molecule has 1 saturated heterocycles. The molecular weight excluding hydrogens is 522 g/mol. The summed E-state index contributed by atoms with van der Waals surface area (Å²) in [4.78, 5) is 48.9. The number of para-hydroxylation sites is 1. The van der Waals surface area contributed by atoms with Crippen LogP contribution in [0.3, 0.4) is 0 Å². The van der Waals surface area contributed by atoms with Gasteiger partial charge in [0.15, 0.2) is 5.78 Å². The number of nitrogens with zero attached hydrogens (tertiary/aromatic N) is 1. The number of ether oxygens (including phenoxy) is 2. The van der Waals surface area contributed by atoms with Crippen molar-refractivity contribution in [2.24, 2.45) is 17.6 Å². The highest BCUT2D eigenvalue weighted by Crippen LogP contribution is 2.21. The number of primary amides is 1. The number of carbonyl (C=O) groups excluding carboxylic acids is 4. The number of alkyl carbamates (subject to hydrolysis) is 1. The fraction of sp³-hybridized carbons (Fsp3) is 0.312. The molecular formula is C32H37N3O6. The van der Waals surface area contributed by atoms with E-state index in [9.17, 15) is 19.2 Å². The van der Waals surface area contributed by atoms with Crippen LogP contribution in [0.2, 0.25) is 0 Å². The van der Waals surface area contributed by atoms with E-state index in [1.165, 1.54) is 4.90 Å². The van der Waals surface area contributed by atoms with Crippen LogP contribution in [0.1, 0.15) is 43.1 Å². The Labute approximate surface area is 240 Å². The minimum absolute atomic E-state index is 0.0586. The summed E-state index contributed by atoms with van der Waals surface area (Å²) in [6.07, 6.45) is -0.125. The van der Waals surface area contributed by atoms with Gasteiger partial charge in [-0.2, -0.15) is 0 Å². The highest BCUT2D eigenvalue weighted by molar-refractivity contribution is 5.94. The molecule has 3 aromatic carbocycles. The molecule has 0 aliphatic carbocycles. The summed E-state index contributed by atoms with van der Waals surface area (Å²) in [5.41, 5.74) is 6.49. The number of rotatable bonds is 9. The van der Waals surface area contributed by atoms with Gasteiger partial charge in [-0.15, -0.1) is 0 Å². The monoisotopic (exact) mass is 559 g/mol. The lowest BCUT2D eigenvalue weighted by atomic mass is 10.0. The lowest BCUT2D eigenvalue weighted by Gasteiger charge is -2.24. The Morgan fingerprint density at radius 2 is 1.51 bits per heavy atom. The van der Waals surface area contributed by atoms with Crippen molar-refractivity contribution in [1.29, 1.82) is 0 Å². The van der Waals surface area contributed by atoms with Gasteiger partial charge in [-0.05, 0) is 54.3 Å². The molecule has 0 bridgehead atoms. The fourth-order valence-electron chi connectivity index (χ4n) is 4.14. The van der Waals surface area contributed by atoms with Crippen molar-refractivity contribution in [2.75, 3.05) is 13.1 Å². The molecule has 3 amide bonds. The summed E-state index contributed by atoms with van der Waals surface area (Å²) in [6.45, 7) is 6.45. The van der Waals surface area contributed by atoms with Crippen molar-refractivity contribution in [3.63, 3.8) is 0 Å². The van der Waals surface area contributed by atoms with E-state index in [1.807, 2.05) is 81.4 Å². The van der Waals surface area contributed by atoms with E-state index >= 15 is 0 Å². The molecule has 0 aromatic heterocycles. The molecule has 1 unspecified atom stereocenters. The van der Waals surface area contributed by atoms with Crippen LogP contribution in [0.5, 0.6) is 11.5 Å². The minimum Gasteiger partial charge on any atom is -0.457 e. The summed E-state index contributed by atoms with van der Waals surface area (Å²) in [5.74, 6) is 0.913. The van der Waals surface area contributed by atoms with Crippen LogP contribution >= 0.6 is 0 Å². The quantitative estimate of drug-likeness (QED) is 0.382. The van der Waals surface area contributed by atoms with Crippen LogP contribution in [0.15, 0.2) is 84.9 Å². The van der Waals surface area contributed by atoms with Crippen molar-refractivity contribution in [2.45, 2.75) is 39.8 Å². The van der Waals surface area contributed by atoms with Gasteiger partial charge in [-0.25, -0.2) is 4.79 Å². The van der Waals surface area contributed by atoms with Gasteiger partial charge in [0.2, 0.25) is 11.8 Å². The third kappa shape index (κ3) is 10.1. The van der Waals surface area contributed by atoms with Gasteiger partial charge in [0, 0.05) is 18.0 Å². The molecule has 0 spiro atoms. The Morgan fingerprint density at radius 3 is 2.05 bits per heavy atom. The third-order valence-corrected chi connectivity index (χ3v) is 6.33. The van der Waals surface area contributed by atoms with Crippen LogP contribution < -0.4 is 15.8 Å². The number of Topliss-reactive ketones (excluding diaryl/α,β-unsaturated/α-hetero) is 1. The SMILES string of the molecule is CC(C)C[C@H](NC(=O)OCc1ccccc1)C(=O)N1CC(=O)C(C)C1.NC(=O)c1ccc(Oc2ccccc2)cc1. The number of ketones is 1. The van der Waals surface area contributed by atoms with Gasteiger partial charge in [0.05, 0.1) is 6.54 Å². The Balaban J connectivity index is 0.000000248. The summed E-state index contributed by atoms with van der Waals surface area (Å²) in [7, 11) is 0. The number of nitrogens with one attached hydrogen (secondary N) is 1. The molecule has 3 N–H and O–H groups in total. The average Bonchev–Trinajstić information content (AvgIpc) is 3.30. The maximum Gasteiger partial charge on any atom is 0.408 e. The van der Waals surface area contributed by atoms with Gasteiger partial charge in [0.25, 0.3) is 0 Å². The number of carbonyl (C=O) groups is 4. The predicted octanol–water partition coefficient (Wildman–Crippen LogP) is 4.95. The first kappa shape index (κ1) is 30.9. The van der Waals surface area contributed by atoms with E-state index in [2.05, 4.69) is 5.32 Å². The van der Waals surface area contributed by atoms with Gasteiger partial charge in [0.1, 0.15) is 24.1 Å². The van der Waals surface area contributed by atoms with E-state index in [-0.39, 0.29) is 36.7 Å². The average molecular weight is 560 g/mol. The van der Waals surface area contributed by atoms with Crippen LogP contribution in [-0.4, -0.2) is 47.7 Å². The maximum atomic E-state index is 12.7. The number of hydrogen-bond donors (Lipinski definition) is 2. The van der Waals surface area contributed by atoms with E-state index in [4.69, 9.17) is 15.2 Å². The van der Waals surface area contributed by atoms with Crippen molar-refractivity contribution in [3.05, 3.63) is 96.1 Å². The van der Waals surface area contributed by atoms with Gasteiger partial charge >= 0.3 is 6.09 Å². The van der Waals surface area contributed by atoms with E-state index in [0.29, 0.717) is 24.3 Å². The minimum atomic E-state index is -0.679. The molecule has 1 aliphatic heterocycles. The largest absolute Gasteiger partial charge is 0.457 e. The van der Waals surface area contributed by atoms with Crippen molar-refractivity contribution < 1.29 is 28.7 Å². The zero-order chi connectivity index (χ0) is 29.8. The van der Waals surface area contributed by atoms with Crippen molar-refractivity contribution in [3.8, 4) is 11.5 Å². The van der Waals surface area contributed by atoms with Crippen LogP contribution in [0.25, 0.3) is 0 Å². The second-order valence-corrected chi connectivity index (χ2v) is 10.3. The van der Waals surface area contributed by atoms with Crippen LogP contribution in [-0.2, 0) is 20.9 Å². The normalized spacial score (nSPS) is 15.0. The second-order valence-electron chi connectivity index (χ2n) is 10.3. The number of benzene rings is 3. The smallest absolute Gasteiger partial charge is 0.408 e. The third-order valence-electron chi connectivity index (χ3n) is 6.33. The Bertz CT molecular complexity index is 1300. The lowest BCUT2D eigenvalue weighted by Crippen LogP contribution is -2.48. The zero-order valence-electron chi connectivity index (χ0n) is 23.6. The standard InChI is InChI=1S/C19H26N2O4.C13H11NO2/c1-13(2)9-16(18(23)21-10-14(3)17(22)11-21)20-19(24)25-12-15-7-5-4-6-8-15;14-13(15)10-6-8-12(9-7-10)16-11-4-2-1-3-5-11/h4-8,13-14,16H,9-12H2,1-3H3,(H,20,24);1-9H,(H2,14,15)/t14?,16-;/m0./s1. The van der Waals surface area contributed by atoms with Crippen LogP contribution in [0.4, 0.5) is 4.79 Å². The zero-order valence-corrected chi connectivity index (χ0v) is 23.6. The number of likely N-dealkylation sites (tertiary alicyclic amines) is 1. The van der Waals surface area contributed by atoms with Gasteiger partial charge < -0.3 is 25.4 Å². The van der Waals surface area contributed by atoms with E-state index in [1.54, 1.807) is 24.3 Å². The summed E-state index contributed by atoms with van der Waals surface area (Å²) >= 11 is 0. The van der Waals surface area contributed by atoms with Gasteiger partial charge in [-0.3, -0.25) is 14.4 Å². The number of nitrogens with two attached hydrogens (primary N) is 1. The summed E-state index contributed by atoms with van der Waals surface area (Å²) in [5, 5.41) is 2.66. The Morgan fingerprint density at radius 1 is 0.927 bits per heavy atom. The number of amides is 3. The fourth-order valence-corrected chi connectivity index (χ4v) is 4.14. The molecule has 0 saturated carbocycles. The molecule has 1 heterocycles. The van der Waals surface area contributed by atoms with Crippen molar-refractivity contribution in [1.82, 2.24) is 10.2 Å². The summed E-state index contributed by atoms with van der Waals surface area (Å²) in [6, 6.07) is 24.8. The molecule has 9 heteroatoms. The molecule has 2 atom stereocenters. The Hall–Kier alpha value is -4.66. The molecule has 3 aromatic rings. The van der Waals surface area contributed by atoms with E-state index in [0.717, 1.165) is 11.3 Å². The number of hydrogen-bond acceptors (Lipinski definition) is 6. The first-order valence-corrected chi connectivity index (χ1v) is 13.5. The Kier molecular flexibility index (Phi) is 11.5. The molecule has 0 radical (unpaired) electrons. The summed E-state index contributed by atoms with van der Waals surface area (Å²) < 4.78 is 10.8. The van der Waals surface area contributed by atoms with Gasteiger partial charge in [-0.1, -0.05) is 69.3 Å². The molecule has 9 nitrogen and oxygen atoms in total. The molecule has 1 fully saturated rings. The highest BCUT2D eigenvalue weighted by Gasteiger charge is 2.35. The first-order chi connectivity index (χ1) is 19.6. The predicted molar refractivity (Wildman–Crippen MR) is 155 cm³/mol. The highest BCUT2D eigenvalue weighted by atomic mass is 16.5. The lowest BCUT2D eigenvalue weighted by molar-refractivity contribution is -0.134. The molecule has 1 aliphatic rings. The van der Waals surface area contributed by atoms with E-state index < -0.39 is 18.0 Å². The maximum absolute atomic E-state index is 12.7. The molecule has 216 valence electrons. The first-order valence-electron chi connectivity index (χ1n) is 13.5. The van der Waals surface area contributed by atoms with Crippen LogP contribution in [0, 0.1) is 11.8 Å². The van der Waals surface area contributed by atoms with Crippen molar-refractivity contribution >= 4 is 23.7 Å². The molecule has 4 rings (SSSR count). The molecule has 41 heavy (non-hydrogen) atoms.